The lowest BCUT2D eigenvalue weighted by Crippen LogP contribution is -2.25. The molecule has 0 atom stereocenters. The molecule has 1 amide bonds. The Morgan fingerprint density at radius 1 is 1.24 bits per heavy atom. The lowest BCUT2D eigenvalue weighted by molar-refractivity contribution is 0.171. The largest absolute Gasteiger partial charge is 0.496 e. The topological polar surface area (TPSA) is 47.6 Å². The first kappa shape index (κ1) is 13.4. The third-order valence-corrected chi connectivity index (χ3v) is 2.59. The maximum Gasteiger partial charge on any atom is 0.406 e. The molecule has 0 unspecified atom stereocenters. The van der Waals surface area contributed by atoms with Crippen molar-refractivity contribution in [2.45, 2.75) is 20.3 Å². The minimum absolute atomic E-state index is 0.396. The van der Waals surface area contributed by atoms with Crippen molar-refractivity contribution in [2.75, 3.05) is 20.8 Å². The quantitative estimate of drug-likeness (QED) is 0.873. The van der Waals surface area contributed by atoms with E-state index in [0.29, 0.717) is 6.54 Å². The van der Waals surface area contributed by atoms with Crippen LogP contribution >= 0.6 is 0 Å². The molecule has 0 fully saturated rings. The molecule has 0 radical (unpaired) electrons. The van der Waals surface area contributed by atoms with Gasteiger partial charge in [-0.2, -0.15) is 0 Å². The highest BCUT2D eigenvalue weighted by Crippen LogP contribution is 2.24. The summed E-state index contributed by atoms with van der Waals surface area (Å²) in [6.07, 6.45) is 0.382. The predicted molar refractivity (Wildman–Crippen MR) is 66.6 cm³/mol. The molecular weight excluding hydrogens is 218 g/mol. The molecule has 0 aliphatic carbocycles. The van der Waals surface area contributed by atoms with Crippen LogP contribution in [0.5, 0.6) is 5.75 Å². The van der Waals surface area contributed by atoms with Gasteiger partial charge in [0.1, 0.15) is 5.75 Å². The Kier molecular flexibility index (Phi) is 4.82. The summed E-state index contributed by atoms with van der Waals surface area (Å²) in [5.41, 5.74) is 3.40. The zero-order valence-corrected chi connectivity index (χ0v) is 10.8. The zero-order valence-electron chi connectivity index (χ0n) is 10.8. The highest BCUT2D eigenvalue weighted by atomic mass is 16.5. The smallest absolute Gasteiger partial charge is 0.406 e. The average Bonchev–Trinajstić information content (AvgIpc) is 2.28. The number of ether oxygens (including phenoxy) is 2. The van der Waals surface area contributed by atoms with Crippen LogP contribution in [0.4, 0.5) is 4.79 Å². The molecule has 17 heavy (non-hydrogen) atoms. The molecule has 1 rings (SSSR count). The molecule has 1 aromatic carbocycles. The van der Waals surface area contributed by atoms with E-state index in [1.807, 2.05) is 13.8 Å². The molecule has 1 aromatic rings. The Labute approximate surface area is 102 Å². The summed E-state index contributed by atoms with van der Waals surface area (Å²) in [7, 11) is 3.03. The number of amides is 1. The average molecular weight is 237 g/mol. The van der Waals surface area contributed by atoms with Gasteiger partial charge in [0, 0.05) is 6.54 Å². The fourth-order valence-corrected chi connectivity index (χ4v) is 1.89. The van der Waals surface area contributed by atoms with Gasteiger partial charge in [-0.05, 0) is 37.0 Å². The van der Waals surface area contributed by atoms with Crippen LogP contribution in [-0.4, -0.2) is 26.9 Å². The van der Waals surface area contributed by atoms with Crippen molar-refractivity contribution in [3.63, 3.8) is 0 Å². The molecule has 4 nitrogen and oxygen atoms in total. The van der Waals surface area contributed by atoms with Gasteiger partial charge >= 0.3 is 6.09 Å². The van der Waals surface area contributed by atoms with Crippen molar-refractivity contribution in [1.29, 1.82) is 0 Å². The molecule has 4 heteroatoms. The van der Waals surface area contributed by atoms with Gasteiger partial charge in [0.05, 0.1) is 14.2 Å². The third-order valence-electron chi connectivity index (χ3n) is 2.59. The number of rotatable bonds is 4. The van der Waals surface area contributed by atoms with Gasteiger partial charge in [0.25, 0.3) is 0 Å². The molecule has 94 valence electrons. The highest BCUT2D eigenvalue weighted by Gasteiger charge is 2.05. The van der Waals surface area contributed by atoms with Crippen LogP contribution < -0.4 is 10.1 Å². The summed E-state index contributed by atoms with van der Waals surface area (Å²) in [5, 5.41) is 2.66. The van der Waals surface area contributed by atoms with Gasteiger partial charge in [0.2, 0.25) is 0 Å². The number of carbonyl (C=O) groups excluding carboxylic acids is 1. The first-order valence-electron chi connectivity index (χ1n) is 5.54. The monoisotopic (exact) mass is 237 g/mol. The number of carbonyl (C=O) groups is 1. The Morgan fingerprint density at radius 2 is 1.82 bits per heavy atom. The zero-order chi connectivity index (χ0) is 12.8. The standard InChI is InChI=1S/C13H19NO3/c1-9-7-11(5-6-14-13(15)17-4)8-10(2)12(9)16-3/h7-8H,5-6H2,1-4H3,(H,14,15). The number of hydrogen-bond acceptors (Lipinski definition) is 3. The second-order valence-corrected chi connectivity index (χ2v) is 3.93. The molecule has 0 heterocycles. The van der Waals surface area contributed by atoms with Crippen molar-refractivity contribution in [1.82, 2.24) is 5.32 Å². The number of methoxy groups -OCH3 is 2. The van der Waals surface area contributed by atoms with Crippen LogP contribution in [-0.2, 0) is 11.2 Å². The second kappa shape index (κ2) is 6.13. The Morgan fingerprint density at radius 3 is 2.29 bits per heavy atom. The summed E-state index contributed by atoms with van der Waals surface area (Å²) in [4.78, 5) is 10.9. The Balaban J connectivity index is 2.64. The summed E-state index contributed by atoms with van der Waals surface area (Å²) in [5.74, 6) is 0.926. The molecule has 0 aliphatic rings. The van der Waals surface area contributed by atoms with Crippen molar-refractivity contribution >= 4 is 6.09 Å². The molecule has 0 bridgehead atoms. The van der Waals surface area contributed by atoms with Gasteiger partial charge < -0.3 is 14.8 Å². The lowest BCUT2D eigenvalue weighted by atomic mass is 10.0. The SMILES string of the molecule is COC(=O)NCCc1cc(C)c(OC)c(C)c1. The van der Waals surface area contributed by atoms with Gasteiger partial charge in [-0.15, -0.1) is 0 Å². The van der Waals surface area contributed by atoms with E-state index < -0.39 is 6.09 Å². The van der Waals surface area contributed by atoms with Gasteiger partial charge in [0.15, 0.2) is 0 Å². The summed E-state index contributed by atoms with van der Waals surface area (Å²) < 4.78 is 9.80. The maximum absolute atomic E-state index is 10.9. The van der Waals surface area contributed by atoms with Gasteiger partial charge in [-0.3, -0.25) is 0 Å². The minimum Gasteiger partial charge on any atom is -0.496 e. The summed E-state index contributed by atoms with van der Waals surface area (Å²) in [6, 6.07) is 4.15. The van der Waals surface area contributed by atoms with Crippen molar-refractivity contribution in [3.05, 3.63) is 28.8 Å². The molecule has 0 saturated heterocycles. The molecular formula is C13H19NO3. The fourth-order valence-electron chi connectivity index (χ4n) is 1.89. The van der Waals surface area contributed by atoms with E-state index in [0.717, 1.165) is 23.3 Å². The lowest BCUT2D eigenvalue weighted by Gasteiger charge is -2.11. The van der Waals surface area contributed by atoms with Crippen LogP contribution in [0.3, 0.4) is 0 Å². The molecule has 0 spiro atoms. The first-order chi connectivity index (χ1) is 8.08. The molecule has 0 saturated carbocycles. The van der Waals surface area contributed by atoms with E-state index >= 15 is 0 Å². The van der Waals surface area contributed by atoms with Crippen LogP contribution in [0.2, 0.25) is 0 Å². The highest BCUT2D eigenvalue weighted by molar-refractivity contribution is 5.66. The number of nitrogens with one attached hydrogen (secondary N) is 1. The second-order valence-electron chi connectivity index (χ2n) is 3.93. The molecule has 0 aromatic heterocycles. The van der Waals surface area contributed by atoms with Crippen LogP contribution in [0.1, 0.15) is 16.7 Å². The first-order valence-corrected chi connectivity index (χ1v) is 5.54. The van der Waals surface area contributed by atoms with E-state index in [1.54, 1.807) is 7.11 Å². The van der Waals surface area contributed by atoms with Crippen LogP contribution in [0.15, 0.2) is 12.1 Å². The Bertz CT molecular complexity index is 379. The fraction of sp³-hybridized carbons (Fsp3) is 0.462. The van der Waals surface area contributed by atoms with E-state index in [1.165, 1.54) is 12.7 Å². The van der Waals surface area contributed by atoms with Crippen LogP contribution in [0, 0.1) is 13.8 Å². The van der Waals surface area contributed by atoms with E-state index in [4.69, 9.17) is 4.74 Å². The number of benzene rings is 1. The normalized spacial score (nSPS) is 9.88. The van der Waals surface area contributed by atoms with Crippen molar-refractivity contribution in [2.24, 2.45) is 0 Å². The van der Waals surface area contributed by atoms with E-state index in [2.05, 4.69) is 22.2 Å². The number of alkyl carbamates (subject to hydrolysis) is 1. The summed E-state index contributed by atoms with van der Waals surface area (Å²) >= 11 is 0. The number of hydrogen-bond donors (Lipinski definition) is 1. The van der Waals surface area contributed by atoms with Crippen molar-refractivity contribution in [3.8, 4) is 5.75 Å². The van der Waals surface area contributed by atoms with Crippen molar-refractivity contribution < 1.29 is 14.3 Å². The predicted octanol–water partition coefficient (Wildman–Crippen LogP) is 2.21. The Hall–Kier alpha value is -1.71. The van der Waals surface area contributed by atoms with E-state index in [-0.39, 0.29) is 0 Å². The van der Waals surface area contributed by atoms with Gasteiger partial charge in [-0.1, -0.05) is 12.1 Å². The third kappa shape index (κ3) is 3.66. The molecule has 1 N–H and O–H groups in total. The number of aryl methyl sites for hydroxylation is 2. The van der Waals surface area contributed by atoms with E-state index in [9.17, 15) is 4.79 Å². The van der Waals surface area contributed by atoms with Crippen LogP contribution in [0.25, 0.3) is 0 Å². The maximum atomic E-state index is 10.9. The van der Waals surface area contributed by atoms with Gasteiger partial charge in [-0.25, -0.2) is 4.79 Å². The summed E-state index contributed by atoms with van der Waals surface area (Å²) in [6.45, 7) is 4.60. The minimum atomic E-state index is -0.396. The molecule has 0 aliphatic heterocycles.